The Bertz CT molecular complexity index is 185. The van der Waals surface area contributed by atoms with Gasteiger partial charge in [-0.25, -0.2) is 0 Å². The molecule has 1 amide bonds. The zero-order chi connectivity index (χ0) is 10.0. The van der Waals surface area contributed by atoms with E-state index in [-0.39, 0.29) is 11.9 Å². The van der Waals surface area contributed by atoms with Crippen LogP contribution in [0.3, 0.4) is 0 Å². The first-order valence-electron chi connectivity index (χ1n) is 5.08. The topological polar surface area (TPSA) is 46.3 Å². The summed E-state index contributed by atoms with van der Waals surface area (Å²) in [5.41, 5.74) is 5.59. The molecule has 0 bridgehead atoms. The highest BCUT2D eigenvalue weighted by Gasteiger charge is 2.33. The van der Waals surface area contributed by atoms with Crippen molar-refractivity contribution in [1.29, 1.82) is 0 Å². The van der Waals surface area contributed by atoms with E-state index >= 15 is 0 Å². The smallest absolute Gasteiger partial charge is 0.239 e. The Balaban J connectivity index is 2.51. The Hall–Kier alpha value is -0.570. The summed E-state index contributed by atoms with van der Waals surface area (Å²) in [7, 11) is 0. The van der Waals surface area contributed by atoms with Gasteiger partial charge >= 0.3 is 0 Å². The van der Waals surface area contributed by atoms with Crippen LogP contribution in [0.2, 0.25) is 0 Å². The number of carbonyl (C=O) groups is 1. The first-order chi connectivity index (χ1) is 6.02. The lowest BCUT2D eigenvalue weighted by atomic mass is 10.2. The van der Waals surface area contributed by atoms with Crippen LogP contribution >= 0.6 is 0 Å². The van der Waals surface area contributed by atoms with Gasteiger partial charge in [0.25, 0.3) is 0 Å². The number of hydrogen-bond donors (Lipinski definition) is 1. The predicted octanol–water partition coefficient (Wildman–Crippen LogP) is 0.981. The average Bonchev–Trinajstić information content (AvgIpc) is 2.80. The fourth-order valence-electron chi connectivity index (χ4n) is 1.46. The van der Waals surface area contributed by atoms with Crippen LogP contribution in [0.25, 0.3) is 0 Å². The van der Waals surface area contributed by atoms with E-state index in [0.717, 1.165) is 19.4 Å². The van der Waals surface area contributed by atoms with E-state index in [2.05, 4.69) is 13.8 Å². The molecule has 0 radical (unpaired) electrons. The fraction of sp³-hybridized carbons (Fsp3) is 0.900. The molecular formula is C10H20N2O. The van der Waals surface area contributed by atoms with Crippen molar-refractivity contribution in [2.75, 3.05) is 6.54 Å². The summed E-state index contributed by atoms with van der Waals surface area (Å²) in [6, 6.07) is 0.139. The van der Waals surface area contributed by atoms with Crippen LogP contribution in [0.5, 0.6) is 0 Å². The lowest BCUT2D eigenvalue weighted by Gasteiger charge is -2.26. The third-order valence-corrected chi connectivity index (χ3v) is 2.22. The first-order valence-corrected chi connectivity index (χ1v) is 5.08. The molecule has 0 heterocycles. The van der Waals surface area contributed by atoms with E-state index in [9.17, 15) is 4.79 Å². The van der Waals surface area contributed by atoms with E-state index in [4.69, 9.17) is 5.73 Å². The standard InChI is InChI=1S/C10H20N2O/c1-7(2)6-12(9-4-5-9)10(13)8(3)11/h7-9H,4-6,11H2,1-3H3. The van der Waals surface area contributed by atoms with E-state index in [1.165, 1.54) is 0 Å². The molecule has 1 saturated carbocycles. The highest BCUT2D eigenvalue weighted by Crippen LogP contribution is 2.27. The minimum absolute atomic E-state index is 0.108. The number of nitrogens with zero attached hydrogens (tertiary/aromatic N) is 1. The molecule has 0 aliphatic heterocycles. The summed E-state index contributed by atoms with van der Waals surface area (Å²) in [5.74, 6) is 0.638. The summed E-state index contributed by atoms with van der Waals surface area (Å²) in [6.45, 7) is 6.87. The second kappa shape index (κ2) is 4.09. The lowest BCUT2D eigenvalue weighted by molar-refractivity contribution is -0.133. The van der Waals surface area contributed by atoms with Gasteiger partial charge in [0.1, 0.15) is 0 Å². The van der Waals surface area contributed by atoms with Crippen LogP contribution in [0, 0.1) is 5.92 Å². The predicted molar refractivity (Wildman–Crippen MR) is 53.2 cm³/mol. The van der Waals surface area contributed by atoms with Gasteiger partial charge in [-0.05, 0) is 25.7 Å². The minimum Gasteiger partial charge on any atom is -0.338 e. The summed E-state index contributed by atoms with van der Waals surface area (Å²) in [4.78, 5) is 13.6. The second-order valence-electron chi connectivity index (χ2n) is 4.40. The Labute approximate surface area is 80.3 Å². The molecule has 2 N–H and O–H groups in total. The summed E-state index contributed by atoms with van der Waals surface area (Å²) in [5, 5.41) is 0. The molecule has 0 aromatic carbocycles. The van der Waals surface area contributed by atoms with Gasteiger partial charge in [0.15, 0.2) is 0 Å². The van der Waals surface area contributed by atoms with Crippen LogP contribution in [0.1, 0.15) is 33.6 Å². The normalized spacial score (nSPS) is 18.8. The Morgan fingerprint density at radius 1 is 1.46 bits per heavy atom. The van der Waals surface area contributed by atoms with Gasteiger partial charge < -0.3 is 10.6 Å². The average molecular weight is 184 g/mol. The monoisotopic (exact) mass is 184 g/mol. The number of rotatable bonds is 4. The van der Waals surface area contributed by atoms with Crippen LogP contribution in [0.4, 0.5) is 0 Å². The highest BCUT2D eigenvalue weighted by molar-refractivity contribution is 5.81. The number of amides is 1. The molecule has 76 valence electrons. The van der Waals surface area contributed by atoms with Gasteiger partial charge in [-0.2, -0.15) is 0 Å². The van der Waals surface area contributed by atoms with E-state index in [0.29, 0.717) is 12.0 Å². The van der Waals surface area contributed by atoms with Crippen molar-refractivity contribution in [3.63, 3.8) is 0 Å². The minimum atomic E-state index is -0.348. The summed E-state index contributed by atoms with van der Waals surface area (Å²) in [6.07, 6.45) is 2.32. The van der Waals surface area contributed by atoms with Crippen molar-refractivity contribution in [2.24, 2.45) is 11.7 Å². The van der Waals surface area contributed by atoms with Crippen molar-refractivity contribution < 1.29 is 4.79 Å². The lowest BCUT2D eigenvalue weighted by Crippen LogP contribution is -2.44. The Kier molecular flexibility index (Phi) is 3.31. The molecule has 13 heavy (non-hydrogen) atoms. The van der Waals surface area contributed by atoms with Crippen LogP contribution in [-0.2, 0) is 4.79 Å². The van der Waals surface area contributed by atoms with Crippen molar-refractivity contribution in [3.8, 4) is 0 Å². The largest absolute Gasteiger partial charge is 0.338 e. The highest BCUT2D eigenvalue weighted by atomic mass is 16.2. The summed E-state index contributed by atoms with van der Waals surface area (Å²) < 4.78 is 0. The molecule has 1 aliphatic carbocycles. The van der Waals surface area contributed by atoms with Crippen molar-refractivity contribution in [3.05, 3.63) is 0 Å². The van der Waals surface area contributed by atoms with Crippen molar-refractivity contribution in [1.82, 2.24) is 4.90 Å². The molecule has 1 unspecified atom stereocenters. The molecule has 1 fully saturated rings. The van der Waals surface area contributed by atoms with Gasteiger partial charge in [-0.3, -0.25) is 4.79 Å². The van der Waals surface area contributed by atoms with Crippen LogP contribution in [0.15, 0.2) is 0 Å². The third-order valence-electron chi connectivity index (χ3n) is 2.22. The molecule has 0 saturated heterocycles. The summed E-state index contributed by atoms with van der Waals surface area (Å²) >= 11 is 0. The zero-order valence-corrected chi connectivity index (χ0v) is 8.79. The molecule has 3 nitrogen and oxygen atoms in total. The van der Waals surface area contributed by atoms with Crippen LogP contribution < -0.4 is 5.73 Å². The fourth-order valence-corrected chi connectivity index (χ4v) is 1.46. The van der Waals surface area contributed by atoms with E-state index in [1.54, 1.807) is 6.92 Å². The Morgan fingerprint density at radius 3 is 2.31 bits per heavy atom. The Morgan fingerprint density at radius 2 is 2.00 bits per heavy atom. The first kappa shape index (κ1) is 10.5. The van der Waals surface area contributed by atoms with E-state index < -0.39 is 0 Å². The van der Waals surface area contributed by atoms with Gasteiger partial charge in [0, 0.05) is 12.6 Å². The molecule has 0 spiro atoms. The maximum Gasteiger partial charge on any atom is 0.239 e. The number of hydrogen-bond acceptors (Lipinski definition) is 2. The van der Waals surface area contributed by atoms with Crippen molar-refractivity contribution >= 4 is 5.91 Å². The number of carbonyl (C=O) groups excluding carboxylic acids is 1. The van der Waals surface area contributed by atoms with Gasteiger partial charge in [0.2, 0.25) is 5.91 Å². The molecule has 0 aromatic heterocycles. The SMILES string of the molecule is CC(C)CN(C(=O)C(C)N)C1CC1. The third kappa shape index (κ3) is 2.99. The molecule has 0 aromatic rings. The van der Waals surface area contributed by atoms with Gasteiger partial charge in [-0.15, -0.1) is 0 Å². The van der Waals surface area contributed by atoms with E-state index in [1.807, 2.05) is 4.90 Å². The zero-order valence-electron chi connectivity index (χ0n) is 8.79. The van der Waals surface area contributed by atoms with Gasteiger partial charge in [-0.1, -0.05) is 13.8 Å². The number of nitrogens with two attached hydrogens (primary N) is 1. The maximum absolute atomic E-state index is 11.7. The molecule has 3 heteroatoms. The molecule has 1 atom stereocenters. The van der Waals surface area contributed by atoms with Crippen LogP contribution in [-0.4, -0.2) is 29.4 Å². The molecular weight excluding hydrogens is 164 g/mol. The quantitative estimate of drug-likeness (QED) is 0.708. The second-order valence-corrected chi connectivity index (χ2v) is 4.40. The maximum atomic E-state index is 11.7. The van der Waals surface area contributed by atoms with Gasteiger partial charge in [0.05, 0.1) is 6.04 Å². The molecule has 1 rings (SSSR count). The molecule has 1 aliphatic rings. The van der Waals surface area contributed by atoms with Crippen molar-refractivity contribution in [2.45, 2.75) is 45.7 Å².